The highest BCUT2D eigenvalue weighted by Gasteiger charge is 2.30. The van der Waals surface area contributed by atoms with Crippen LogP contribution in [0.15, 0.2) is 0 Å². The maximum atomic E-state index is 12.0. The molecule has 0 radical (unpaired) electrons. The Kier molecular flexibility index (Phi) is 4.14. The van der Waals surface area contributed by atoms with E-state index in [-0.39, 0.29) is 11.8 Å². The lowest BCUT2D eigenvalue weighted by Gasteiger charge is -2.24. The van der Waals surface area contributed by atoms with Crippen molar-refractivity contribution in [2.45, 2.75) is 46.3 Å². The number of rotatable bonds is 2. The normalized spacial score (nSPS) is 22.4. The highest BCUT2D eigenvalue weighted by atomic mass is 16.3. The highest BCUT2D eigenvalue weighted by Crippen LogP contribution is 2.14. The van der Waals surface area contributed by atoms with Crippen LogP contribution in [-0.2, 0) is 9.59 Å². The van der Waals surface area contributed by atoms with Crippen molar-refractivity contribution >= 4 is 11.8 Å². The molecule has 0 aromatic carbocycles. The molecule has 1 unspecified atom stereocenters. The van der Waals surface area contributed by atoms with E-state index in [1.165, 1.54) is 0 Å². The Bertz CT molecular complexity index is 309. The molecule has 1 heterocycles. The molecule has 0 aliphatic carbocycles. The summed E-state index contributed by atoms with van der Waals surface area (Å²) in [6.07, 6.45) is 0.190. The molecule has 2 N–H and O–H groups in total. The van der Waals surface area contributed by atoms with E-state index in [1.54, 1.807) is 32.6 Å². The topological polar surface area (TPSA) is 69.6 Å². The first-order chi connectivity index (χ1) is 7.71. The van der Waals surface area contributed by atoms with Crippen molar-refractivity contribution in [1.82, 2.24) is 10.2 Å². The van der Waals surface area contributed by atoms with Crippen LogP contribution in [0.3, 0.4) is 0 Å². The molecule has 1 aliphatic rings. The first-order valence-corrected chi connectivity index (χ1v) is 5.99. The Labute approximate surface area is 102 Å². The monoisotopic (exact) mass is 242 g/mol. The first-order valence-electron chi connectivity index (χ1n) is 5.99. The van der Waals surface area contributed by atoms with Crippen LogP contribution in [0.5, 0.6) is 0 Å². The van der Waals surface area contributed by atoms with Crippen LogP contribution in [0.2, 0.25) is 0 Å². The summed E-state index contributed by atoms with van der Waals surface area (Å²) in [4.78, 5) is 25.3. The third-order valence-electron chi connectivity index (χ3n) is 2.87. The third kappa shape index (κ3) is 3.70. The van der Waals surface area contributed by atoms with Gasteiger partial charge in [-0.05, 0) is 13.3 Å². The molecule has 5 heteroatoms. The van der Waals surface area contributed by atoms with Gasteiger partial charge >= 0.3 is 0 Å². The lowest BCUT2D eigenvalue weighted by Crippen LogP contribution is -2.49. The Morgan fingerprint density at radius 2 is 2.00 bits per heavy atom. The summed E-state index contributed by atoms with van der Waals surface area (Å²) in [5, 5.41) is 12.1. The molecule has 0 aromatic heterocycles. The first kappa shape index (κ1) is 14.0. The zero-order valence-corrected chi connectivity index (χ0v) is 11.0. The summed E-state index contributed by atoms with van der Waals surface area (Å²) in [6.45, 7) is 8.03. The van der Waals surface area contributed by atoms with Crippen LogP contribution >= 0.6 is 0 Å². The largest absolute Gasteiger partial charge is 0.391 e. The smallest absolute Gasteiger partial charge is 0.244 e. The van der Waals surface area contributed by atoms with Crippen molar-refractivity contribution in [3.63, 3.8) is 0 Å². The average Bonchev–Trinajstić information content (AvgIpc) is 2.62. The Hall–Kier alpha value is -1.10. The summed E-state index contributed by atoms with van der Waals surface area (Å²) in [6, 6.07) is -0.535. The Morgan fingerprint density at radius 1 is 1.41 bits per heavy atom. The minimum atomic E-state index is -0.535. The van der Waals surface area contributed by atoms with Gasteiger partial charge in [-0.1, -0.05) is 20.8 Å². The lowest BCUT2D eigenvalue weighted by atomic mass is 9.95. The number of amides is 2. The molecule has 2 amide bonds. The number of carbonyl (C=O) groups is 2. The molecule has 17 heavy (non-hydrogen) atoms. The minimum absolute atomic E-state index is 0.126. The van der Waals surface area contributed by atoms with Crippen molar-refractivity contribution < 1.29 is 14.7 Å². The van der Waals surface area contributed by atoms with Crippen molar-refractivity contribution in [3.8, 4) is 0 Å². The number of aliphatic hydroxyl groups is 1. The quantitative estimate of drug-likeness (QED) is 0.723. The van der Waals surface area contributed by atoms with E-state index in [2.05, 4.69) is 5.32 Å². The molecule has 1 rings (SSSR count). The van der Waals surface area contributed by atoms with E-state index in [4.69, 9.17) is 0 Å². The number of nitrogens with zero attached hydrogens (tertiary/aromatic N) is 1. The third-order valence-corrected chi connectivity index (χ3v) is 2.87. The number of likely N-dealkylation sites (tertiary alicyclic amines) is 1. The number of hydrogen-bond acceptors (Lipinski definition) is 3. The van der Waals surface area contributed by atoms with Gasteiger partial charge in [0.1, 0.15) is 6.04 Å². The van der Waals surface area contributed by atoms with Gasteiger partial charge in [-0.25, -0.2) is 0 Å². The summed E-state index contributed by atoms with van der Waals surface area (Å²) in [7, 11) is 0. The number of nitrogens with one attached hydrogen (secondary N) is 1. The predicted molar refractivity (Wildman–Crippen MR) is 64.3 cm³/mol. The molecule has 2 atom stereocenters. The van der Waals surface area contributed by atoms with Crippen LogP contribution < -0.4 is 5.32 Å². The predicted octanol–water partition coefficient (Wildman–Crippen LogP) is 0.130. The van der Waals surface area contributed by atoms with Crippen molar-refractivity contribution in [1.29, 1.82) is 0 Å². The molecule has 98 valence electrons. The van der Waals surface area contributed by atoms with Crippen LogP contribution in [0.1, 0.15) is 34.1 Å². The molecule has 0 aromatic rings. The molecule has 0 spiro atoms. The van der Waals surface area contributed by atoms with Gasteiger partial charge in [-0.2, -0.15) is 0 Å². The maximum absolute atomic E-state index is 12.0. The molecule has 1 aliphatic heterocycles. The van der Waals surface area contributed by atoms with Gasteiger partial charge in [0.2, 0.25) is 11.8 Å². The summed E-state index contributed by atoms with van der Waals surface area (Å²) < 4.78 is 0. The molecular formula is C12H22N2O3. The molecule has 0 saturated carbocycles. The zero-order chi connectivity index (χ0) is 13.2. The van der Waals surface area contributed by atoms with Gasteiger partial charge < -0.3 is 15.3 Å². The molecule has 1 fully saturated rings. The minimum Gasteiger partial charge on any atom is -0.391 e. The summed E-state index contributed by atoms with van der Waals surface area (Å²) in [5.41, 5.74) is -0.501. The van der Waals surface area contributed by atoms with Gasteiger partial charge in [0, 0.05) is 18.5 Å². The number of hydrogen-bond donors (Lipinski definition) is 2. The summed E-state index contributed by atoms with van der Waals surface area (Å²) >= 11 is 0. The second kappa shape index (κ2) is 5.04. The molecule has 5 nitrogen and oxygen atoms in total. The average molecular weight is 242 g/mol. The second-order valence-corrected chi connectivity index (χ2v) is 5.67. The second-order valence-electron chi connectivity index (χ2n) is 5.67. The van der Waals surface area contributed by atoms with E-state index in [9.17, 15) is 14.7 Å². The molecule has 1 saturated heterocycles. The van der Waals surface area contributed by atoms with Crippen molar-refractivity contribution in [3.05, 3.63) is 0 Å². The number of carbonyl (C=O) groups excluding carboxylic acids is 2. The van der Waals surface area contributed by atoms with E-state index >= 15 is 0 Å². The fraction of sp³-hybridized carbons (Fsp3) is 0.833. The van der Waals surface area contributed by atoms with E-state index < -0.39 is 17.6 Å². The van der Waals surface area contributed by atoms with Gasteiger partial charge in [0.25, 0.3) is 0 Å². The number of aliphatic hydroxyl groups excluding tert-OH is 1. The van der Waals surface area contributed by atoms with Crippen molar-refractivity contribution in [2.24, 2.45) is 5.41 Å². The van der Waals surface area contributed by atoms with Gasteiger partial charge in [0.15, 0.2) is 0 Å². The fourth-order valence-electron chi connectivity index (χ4n) is 1.69. The maximum Gasteiger partial charge on any atom is 0.244 e. The highest BCUT2D eigenvalue weighted by molar-refractivity contribution is 5.89. The lowest BCUT2D eigenvalue weighted by molar-refractivity contribution is -0.137. The van der Waals surface area contributed by atoms with Crippen LogP contribution in [0.25, 0.3) is 0 Å². The van der Waals surface area contributed by atoms with Crippen LogP contribution in [0, 0.1) is 5.41 Å². The fourth-order valence-corrected chi connectivity index (χ4v) is 1.69. The van der Waals surface area contributed by atoms with Gasteiger partial charge in [-0.15, -0.1) is 0 Å². The van der Waals surface area contributed by atoms with E-state index in [0.717, 1.165) is 0 Å². The van der Waals surface area contributed by atoms with Crippen LogP contribution in [-0.4, -0.2) is 47.1 Å². The zero-order valence-electron chi connectivity index (χ0n) is 11.0. The molecule has 0 bridgehead atoms. The van der Waals surface area contributed by atoms with Crippen molar-refractivity contribution in [2.75, 3.05) is 13.1 Å². The Balaban J connectivity index is 2.50. The molecular weight excluding hydrogens is 220 g/mol. The van der Waals surface area contributed by atoms with E-state index in [1.807, 2.05) is 0 Å². The van der Waals surface area contributed by atoms with E-state index in [0.29, 0.717) is 19.5 Å². The summed E-state index contributed by atoms with van der Waals surface area (Å²) in [5.74, 6) is -0.266. The van der Waals surface area contributed by atoms with Gasteiger partial charge in [-0.3, -0.25) is 9.59 Å². The Morgan fingerprint density at radius 3 is 2.41 bits per heavy atom. The van der Waals surface area contributed by atoms with Crippen LogP contribution in [0.4, 0.5) is 0 Å². The SMILES string of the molecule is CC(NC(=O)C(C)(C)C)C(=O)N1CC[C@@H](O)C1. The standard InChI is InChI=1S/C12H22N2O3/c1-8(13-11(17)12(2,3)4)10(16)14-6-5-9(15)7-14/h8-9,15H,5-7H2,1-4H3,(H,13,17)/t8?,9-/m1/s1. The van der Waals surface area contributed by atoms with Gasteiger partial charge in [0.05, 0.1) is 6.10 Å². The number of β-amino-alcohol motifs (C(OH)–C–C–N with tert-alkyl or cyclic N) is 1.